The summed E-state index contributed by atoms with van der Waals surface area (Å²) in [6.07, 6.45) is 19.9. The Morgan fingerprint density at radius 2 is 1.48 bits per heavy atom. The number of carbonyl (C=O) groups is 1. The van der Waals surface area contributed by atoms with Crippen LogP contribution >= 0.6 is 7.26 Å². The van der Waals surface area contributed by atoms with Crippen molar-refractivity contribution in [3.05, 3.63) is 42.5 Å². The van der Waals surface area contributed by atoms with E-state index in [0.717, 1.165) is 11.3 Å². The fraction of sp³-hybridized carbons (Fsp3) is 0.625. The molecule has 0 spiro atoms. The van der Waals surface area contributed by atoms with Gasteiger partial charge < -0.3 is 0 Å². The summed E-state index contributed by atoms with van der Waals surface area (Å²) < 4.78 is 5.14. The van der Waals surface area contributed by atoms with Crippen LogP contribution in [-0.4, -0.2) is 30.1 Å². The second-order valence-electron chi connectivity index (χ2n) is 8.55. The Bertz CT molecular complexity index is 580. The van der Waals surface area contributed by atoms with Crippen molar-refractivity contribution in [1.29, 1.82) is 0 Å². The SMILES string of the molecule is CC(=O)OCC=CC[PH](c1ccccc1)(C1CCCCC1)C1CCCCC1. The molecule has 0 amide bonds. The van der Waals surface area contributed by atoms with Crippen molar-refractivity contribution in [3.63, 3.8) is 0 Å². The minimum absolute atomic E-state index is 0.189. The summed E-state index contributed by atoms with van der Waals surface area (Å²) in [6, 6.07) is 11.6. The predicted octanol–water partition coefficient (Wildman–Crippen LogP) is 5.85. The Morgan fingerprint density at radius 3 is 2.00 bits per heavy atom. The zero-order chi connectivity index (χ0) is 19.0. The van der Waals surface area contributed by atoms with Crippen LogP contribution in [0.15, 0.2) is 42.5 Å². The second kappa shape index (κ2) is 10.4. The summed E-state index contributed by atoms with van der Waals surface area (Å²) in [5.41, 5.74) is 1.82. The standard InChI is InChI=1S/C24H37O2P/c1-21(25)26-19-11-12-20-27(22-13-5-2-6-14-22,23-15-7-3-8-16-23)24-17-9-4-10-18-24/h2,5-6,11-14,23-24,27H,3-4,7-10,15-20H2,1H3. The van der Waals surface area contributed by atoms with Gasteiger partial charge in [-0.05, 0) is 0 Å². The first-order chi connectivity index (χ1) is 13.2. The van der Waals surface area contributed by atoms with Gasteiger partial charge in [-0.3, -0.25) is 0 Å². The number of esters is 1. The first-order valence-corrected chi connectivity index (χ1v) is 13.4. The molecule has 2 aliphatic carbocycles. The van der Waals surface area contributed by atoms with E-state index in [1.54, 1.807) is 5.30 Å². The van der Waals surface area contributed by atoms with Crippen molar-refractivity contribution >= 4 is 18.5 Å². The molecule has 0 saturated heterocycles. The van der Waals surface area contributed by atoms with Crippen LogP contribution in [0, 0.1) is 0 Å². The van der Waals surface area contributed by atoms with Crippen molar-refractivity contribution in [2.24, 2.45) is 0 Å². The summed E-state index contributed by atoms with van der Waals surface area (Å²) in [6.45, 7) is 1.91. The van der Waals surface area contributed by atoms with E-state index in [1.807, 2.05) is 0 Å². The zero-order valence-electron chi connectivity index (χ0n) is 17.0. The molecule has 0 unspecified atom stereocenters. The molecule has 27 heavy (non-hydrogen) atoms. The van der Waals surface area contributed by atoms with Gasteiger partial charge in [-0.15, -0.1) is 0 Å². The molecule has 150 valence electrons. The molecular formula is C24H37O2P. The van der Waals surface area contributed by atoms with E-state index in [4.69, 9.17) is 4.74 Å². The molecule has 0 bridgehead atoms. The van der Waals surface area contributed by atoms with E-state index in [9.17, 15) is 4.79 Å². The Balaban J connectivity index is 1.91. The second-order valence-corrected chi connectivity index (χ2v) is 13.3. The number of hydrogen-bond donors (Lipinski definition) is 0. The van der Waals surface area contributed by atoms with Gasteiger partial charge >= 0.3 is 166 Å². The zero-order valence-corrected chi connectivity index (χ0v) is 18.0. The number of carbonyl (C=O) groups excluding carboxylic acids is 1. The summed E-state index contributed by atoms with van der Waals surface area (Å²) in [7, 11) is -1.67. The van der Waals surface area contributed by atoms with Crippen LogP contribution in [0.2, 0.25) is 0 Å². The summed E-state index contributed by atoms with van der Waals surface area (Å²) in [4.78, 5) is 11.1. The van der Waals surface area contributed by atoms with Crippen LogP contribution in [0.1, 0.15) is 71.1 Å². The van der Waals surface area contributed by atoms with E-state index in [2.05, 4.69) is 42.5 Å². The fourth-order valence-electron chi connectivity index (χ4n) is 5.75. The summed E-state index contributed by atoms with van der Waals surface area (Å²) in [5.74, 6) is -0.189. The third-order valence-corrected chi connectivity index (χ3v) is 13.4. The minimum atomic E-state index is -1.67. The molecule has 2 saturated carbocycles. The van der Waals surface area contributed by atoms with Crippen molar-refractivity contribution in [2.75, 3.05) is 12.8 Å². The Labute approximate surface area is 166 Å². The number of allylic oxidation sites excluding steroid dienone is 1. The Morgan fingerprint density at radius 1 is 0.926 bits per heavy atom. The third kappa shape index (κ3) is 5.23. The molecule has 3 heteroatoms. The normalized spacial score (nSPS) is 20.6. The molecule has 2 nitrogen and oxygen atoms in total. The average Bonchev–Trinajstić information content (AvgIpc) is 2.73. The van der Waals surface area contributed by atoms with Gasteiger partial charge in [-0.1, -0.05) is 0 Å². The maximum absolute atomic E-state index is 11.1. The van der Waals surface area contributed by atoms with Crippen molar-refractivity contribution < 1.29 is 9.53 Å². The van der Waals surface area contributed by atoms with Gasteiger partial charge in [0, 0.05) is 0 Å². The van der Waals surface area contributed by atoms with Gasteiger partial charge in [-0.25, -0.2) is 0 Å². The van der Waals surface area contributed by atoms with Gasteiger partial charge in [0.25, 0.3) is 0 Å². The summed E-state index contributed by atoms with van der Waals surface area (Å²) >= 11 is 0. The molecular weight excluding hydrogens is 351 g/mol. The van der Waals surface area contributed by atoms with E-state index in [0.29, 0.717) is 6.61 Å². The van der Waals surface area contributed by atoms with Crippen molar-refractivity contribution in [2.45, 2.75) is 82.4 Å². The Hall–Kier alpha value is -1.14. The van der Waals surface area contributed by atoms with Crippen LogP contribution < -0.4 is 5.30 Å². The molecule has 1 aromatic carbocycles. The van der Waals surface area contributed by atoms with E-state index >= 15 is 0 Å². The van der Waals surface area contributed by atoms with E-state index in [1.165, 1.54) is 77.3 Å². The number of rotatable bonds is 7. The summed E-state index contributed by atoms with van der Waals surface area (Å²) in [5, 5.41) is 1.68. The van der Waals surface area contributed by atoms with E-state index < -0.39 is 7.26 Å². The number of hydrogen-bond acceptors (Lipinski definition) is 2. The fourth-order valence-corrected chi connectivity index (χ4v) is 12.5. The molecule has 2 fully saturated rings. The average molecular weight is 389 g/mol. The van der Waals surface area contributed by atoms with Crippen LogP contribution in [0.3, 0.4) is 0 Å². The van der Waals surface area contributed by atoms with Crippen LogP contribution in [0.5, 0.6) is 0 Å². The third-order valence-electron chi connectivity index (χ3n) is 6.98. The first-order valence-electron chi connectivity index (χ1n) is 11.1. The Kier molecular flexibility index (Phi) is 7.94. The topological polar surface area (TPSA) is 26.3 Å². The van der Waals surface area contributed by atoms with Crippen molar-refractivity contribution in [1.82, 2.24) is 0 Å². The quantitative estimate of drug-likeness (QED) is 0.333. The van der Waals surface area contributed by atoms with Gasteiger partial charge in [0.05, 0.1) is 0 Å². The molecule has 0 aliphatic heterocycles. The molecule has 0 N–H and O–H groups in total. The first kappa shape index (κ1) is 20.6. The molecule has 0 heterocycles. The predicted molar refractivity (Wildman–Crippen MR) is 119 cm³/mol. The van der Waals surface area contributed by atoms with Crippen molar-refractivity contribution in [3.8, 4) is 0 Å². The maximum atomic E-state index is 11.1. The molecule has 2 aliphatic rings. The number of ether oxygens (including phenoxy) is 1. The molecule has 3 rings (SSSR count). The van der Waals surface area contributed by atoms with Gasteiger partial charge in [0.1, 0.15) is 0 Å². The molecule has 0 radical (unpaired) electrons. The van der Waals surface area contributed by atoms with Gasteiger partial charge in [0.2, 0.25) is 0 Å². The molecule has 0 atom stereocenters. The monoisotopic (exact) mass is 388 g/mol. The van der Waals surface area contributed by atoms with Crippen LogP contribution in [0.4, 0.5) is 0 Å². The van der Waals surface area contributed by atoms with Crippen LogP contribution in [0.25, 0.3) is 0 Å². The van der Waals surface area contributed by atoms with Crippen LogP contribution in [-0.2, 0) is 9.53 Å². The van der Waals surface area contributed by atoms with E-state index in [-0.39, 0.29) is 5.97 Å². The van der Waals surface area contributed by atoms with Gasteiger partial charge in [0.15, 0.2) is 0 Å². The molecule has 1 aromatic rings. The number of benzene rings is 1. The molecule has 0 aromatic heterocycles. The van der Waals surface area contributed by atoms with Gasteiger partial charge in [-0.2, -0.15) is 0 Å².